The molecular weight excluding hydrogens is 208 g/mol. The molecule has 0 saturated carbocycles. The minimum atomic E-state index is -0.626. The summed E-state index contributed by atoms with van der Waals surface area (Å²) in [5, 5.41) is 0. The summed E-state index contributed by atoms with van der Waals surface area (Å²) in [7, 11) is 0. The maximum absolute atomic E-state index is 10.6. The minimum Gasteiger partial charge on any atom is -0.299 e. The fraction of sp³-hybridized carbons (Fsp3) is 0.750. The predicted molar refractivity (Wildman–Crippen MR) is 42.3 cm³/mol. The summed E-state index contributed by atoms with van der Waals surface area (Å²) >= 11 is 0. The van der Waals surface area contributed by atoms with E-state index in [0.29, 0.717) is 6.61 Å². The van der Waals surface area contributed by atoms with Crippen LogP contribution >= 0.6 is 0 Å². The van der Waals surface area contributed by atoms with Gasteiger partial charge in [-0.05, 0) is 13.3 Å². The number of hydrogen-bond acceptors (Lipinski definition) is 4. The number of rotatable bonds is 6. The van der Waals surface area contributed by atoms with Crippen molar-refractivity contribution in [1.82, 2.24) is 0 Å². The topological polar surface area (TPSA) is 52.6 Å². The zero-order valence-electron chi connectivity index (χ0n) is 7.96. The van der Waals surface area contributed by atoms with Crippen LogP contribution < -0.4 is 0 Å². The van der Waals surface area contributed by atoms with Crippen molar-refractivity contribution in [3.63, 3.8) is 0 Å². The van der Waals surface area contributed by atoms with E-state index in [1.165, 1.54) is 6.92 Å². The summed E-state index contributed by atoms with van der Waals surface area (Å²) in [6, 6.07) is 0. The van der Waals surface area contributed by atoms with Gasteiger partial charge in [0.2, 0.25) is 0 Å². The van der Waals surface area contributed by atoms with E-state index in [9.17, 15) is 9.59 Å². The van der Waals surface area contributed by atoms with Gasteiger partial charge in [0.1, 0.15) is 12.2 Å². The Labute approximate surface area is 92.8 Å². The van der Waals surface area contributed by atoms with E-state index in [2.05, 4.69) is 9.78 Å². The normalized spacial score (nSPS) is 8.77. The summed E-state index contributed by atoms with van der Waals surface area (Å²) in [4.78, 5) is 29.9. The first-order valence-electron chi connectivity index (χ1n) is 3.98. The number of ketones is 1. The van der Waals surface area contributed by atoms with Gasteiger partial charge in [-0.2, -0.15) is 4.89 Å². The fourth-order valence-corrected chi connectivity index (χ4v) is 0.543. The molecule has 0 spiro atoms. The molecule has 0 N–H and O–H groups in total. The van der Waals surface area contributed by atoms with Gasteiger partial charge in [-0.15, -0.1) is 0 Å². The smallest absolute Gasteiger partial charge is 0.299 e. The first kappa shape index (κ1) is 15.3. The molecule has 0 rings (SSSR count). The van der Waals surface area contributed by atoms with Crippen molar-refractivity contribution in [2.75, 3.05) is 6.61 Å². The van der Waals surface area contributed by atoms with E-state index in [-0.39, 0.29) is 33.9 Å². The quantitative estimate of drug-likeness (QED) is 0.223. The van der Waals surface area contributed by atoms with Crippen molar-refractivity contribution >= 4 is 11.8 Å². The first-order chi connectivity index (χ1) is 5.66. The Morgan fingerprint density at radius 1 is 1.31 bits per heavy atom. The van der Waals surface area contributed by atoms with E-state index in [4.69, 9.17) is 0 Å². The number of carbonyl (C=O) groups excluding carboxylic acids is 2. The summed E-state index contributed by atoms with van der Waals surface area (Å²) < 4.78 is 0. The van der Waals surface area contributed by atoms with Gasteiger partial charge in [0, 0.05) is 21.7 Å². The Hall–Kier alpha value is -0.186. The van der Waals surface area contributed by atoms with Crippen LogP contribution in [0, 0.1) is 0 Å². The number of hydrogen-bond donors (Lipinski definition) is 0. The zero-order valence-corrected chi connectivity index (χ0v) is 9.52. The van der Waals surface area contributed by atoms with Gasteiger partial charge in [0.25, 0.3) is 0 Å². The number of Topliss-reactive ketones (excluding diaryl/α,β-unsaturated/α-hetero) is 1. The zero-order chi connectivity index (χ0) is 9.40. The van der Waals surface area contributed by atoms with Crippen molar-refractivity contribution in [2.24, 2.45) is 0 Å². The van der Waals surface area contributed by atoms with Crippen LogP contribution in [0.5, 0.6) is 0 Å². The Morgan fingerprint density at radius 3 is 2.38 bits per heavy atom. The van der Waals surface area contributed by atoms with E-state index in [1.807, 2.05) is 6.92 Å². The molecule has 0 aromatic rings. The van der Waals surface area contributed by atoms with Gasteiger partial charge in [-0.25, -0.2) is 4.79 Å². The average Bonchev–Trinajstić information content (AvgIpc) is 1.97. The second kappa shape index (κ2) is 9.90. The van der Waals surface area contributed by atoms with Crippen LogP contribution in [0.3, 0.4) is 0 Å². The van der Waals surface area contributed by atoms with Gasteiger partial charge in [-0.3, -0.25) is 9.68 Å². The summed E-state index contributed by atoms with van der Waals surface area (Å²) in [6.07, 6.45) is 1.60. The fourth-order valence-electron chi connectivity index (χ4n) is 0.543. The molecule has 0 radical (unpaired) electrons. The van der Waals surface area contributed by atoms with E-state index >= 15 is 0 Å². The molecule has 5 heteroatoms. The maximum Gasteiger partial charge on any atom is 0.349 e. The van der Waals surface area contributed by atoms with E-state index in [1.54, 1.807) is 0 Å². The molecule has 0 aliphatic heterocycles. The molecule has 0 atom stereocenters. The molecule has 74 valence electrons. The Morgan fingerprint density at radius 2 is 1.92 bits per heavy atom. The molecule has 4 nitrogen and oxygen atoms in total. The Bertz CT molecular complexity index is 158. The molecule has 13 heavy (non-hydrogen) atoms. The molecule has 0 amide bonds. The van der Waals surface area contributed by atoms with Crippen LogP contribution in [0.4, 0.5) is 0 Å². The van der Waals surface area contributed by atoms with Gasteiger partial charge < -0.3 is 0 Å². The molecule has 0 aromatic carbocycles. The van der Waals surface area contributed by atoms with Crippen molar-refractivity contribution < 1.29 is 41.1 Å². The van der Waals surface area contributed by atoms with Crippen molar-refractivity contribution in [3.05, 3.63) is 0 Å². The van der Waals surface area contributed by atoms with Crippen LogP contribution in [-0.2, 0) is 41.1 Å². The standard InChI is InChI=1S/C8H14O4.Ti/c1-3-4-5-11-12-8(10)6-7(2)9;/h3-6H2,1-2H3;. The molecule has 0 aliphatic rings. The Kier molecular flexibility index (Phi) is 11.6. The second-order valence-electron chi connectivity index (χ2n) is 2.51. The third-order valence-electron chi connectivity index (χ3n) is 1.13. The monoisotopic (exact) mass is 222 g/mol. The van der Waals surface area contributed by atoms with Crippen molar-refractivity contribution in [2.45, 2.75) is 33.1 Å². The maximum atomic E-state index is 10.6. The van der Waals surface area contributed by atoms with Crippen LogP contribution in [0.2, 0.25) is 0 Å². The molecule has 0 fully saturated rings. The molecule has 0 unspecified atom stereocenters. The largest absolute Gasteiger partial charge is 0.349 e. The third kappa shape index (κ3) is 11.8. The average molecular weight is 222 g/mol. The minimum absolute atomic E-state index is 0. The summed E-state index contributed by atoms with van der Waals surface area (Å²) in [6.45, 7) is 3.72. The van der Waals surface area contributed by atoms with Gasteiger partial charge in [0.05, 0.1) is 6.61 Å². The van der Waals surface area contributed by atoms with Crippen molar-refractivity contribution in [1.29, 1.82) is 0 Å². The van der Waals surface area contributed by atoms with E-state index in [0.717, 1.165) is 12.8 Å². The van der Waals surface area contributed by atoms with Crippen LogP contribution in [0.25, 0.3) is 0 Å². The molecular formula is C8H14O4Ti. The summed E-state index contributed by atoms with van der Waals surface area (Å²) in [5.41, 5.74) is 0. The molecule has 0 saturated heterocycles. The van der Waals surface area contributed by atoms with Gasteiger partial charge in [0.15, 0.2) is 0 Å². The second-order valence-corrected chi connectivity index (χ2v) is 2.51. The Balaban J connectivity index is 0. The third-order valence-corrected chi connectivity index (χ3v) is 1.13. The number of unbranched alkanes of at least 4 members (excludes halogenated alkanes) is 1. The summed E-state index contributed by atoms with van der Waals surface area (Å²) in [5.74, 6) is -0.849. The van der Waals surface area contributed by atoms with Gasteiger partial charge in [-0.1, -0.05) is 13.3 Å². The van der Waals surface area contributed by atoms with Crippen LogP contribution in [0.15, 0.2) is 0 Å². The molecule has 0 heterocycles. The van der Waals surface area contributed by atoms with Crippen LogP contribution in [0.1, 0.15) is 33.1 Å². The first-order valence-corrected chi connectivity index (χ1v) is 3.98. The van der Waals surface area contributed by atoms with Gasteiger partial charge >= 0.3 is 5.97 Å². The van der Waals surface area contributed by atoms with Crippen LogP contribution in [-0.4, -0.2) is 18.4 Å². The molecule has 0 bridgehead atoms. The SMILES string of the molecule is CCCCOOC(=O)CC(C)=O.[Ti]. The molecule has 0 aliphatic carbocycles. The molecule has 0 aromatic heterocycles. The van der Waals surface area contributed by atoms with E-state index < -0.39 is 5.97 Å². The predicted octanol–water partition coefficient (Wildman–Crippen LogP) is 1.24. The van der Waals surface area contributed by atoms with Crippen molar-refractivity contribution in [3.8, 4) is 0 Å². The number of carbonyl (C=O) groups is 2.